The highest BCUT2D eigenvalue weighted by Crippen LogP contribution is 2.39. The Kier molecular flexibility index (Phi) is 4.40. The Balaban J connectivity index is 2.21. The lowest BCUT2D eigenvalue weighted by molar-refractivity contribution is -0.125. The first-order chi connectivity index (χ1) is 11.5. The molecular formula is C19H17ClN2O2. The van der Waals surface area contributed by atoms with Gasteiger partial charge < -0.3 is 4.90 Å². The molecule has 0 spiro atoms. The van der Waals surface area contributed by atoms with Gasteiger partial charge in [0.05, 0.1) is 11.4 Å². The van der Waals surface area contributed by atoms with E-state index in [1.165, 1.54) is 0 Å². The van der Waals surface area contributed by atoms with Crippen LogP contribution in [-0.2, 0) is 9.59 Å². The van der Waals surface area contributed by atoms with E-state index in [9.17, 15) is 9.59 Å². The third-order valence-electron chi connectivity index (χ3n) is 3.76. The first-order valence-corrected chi connectivity index (χ1v) is 7.97. The van der Waals surface area contributed by atoms with E-state index in [-0.39, 0.29) is 18.2 Å². The van der Waals surface area contributed by atoms with Gasteiger partial charge in [-0.05, 0) is 37.3 Å². The van der Waals surface area contributed by atoms with Crippen LogP contribution in [0.1, 0.15) is 13.3 Å². The molecule has 0 aromatic heterocycles. The van der Waals surface area contributed by atoms with E-state index in [1.807, 2.05) is 37.3 Å². The zero-order valence-corrected chi connectivity index (χ0v) is 14.1. The summed E-state index contributed by atoms with van der Waals surface area (Å²) in [5, 5.41) is 0.507. The molecule has 0 N–H and O–H groups in total. The third kappa shape index (κ3) is 3.05. The number of carbonyl (C=O) groups is 2. The average molecular weight is 341 g/mol. The molecule has 24 heavy (non-hydrogen) atoms. The maximum Gasteiger partial charge on any atom is 0.241 e. The van der Waals surface area contributed by atoms with Crippen molar-refractivity contribution in [3.05, 3.63) is 65.7 Å². The molecule has 2 amide bonds. The van der Waals surface area contributed by atoms with Gasteiger partial charge in [-0.2, -0.15) is 0 Å². The van der Waals surface area contributed by atoms with Crippen LogP contribution >= 0.6 is 11.6 Å². The van der Waals surface area contributed by atoms with Gasteiger partial charge in [-0.15, -0.1) is 0 Å². The van der Waals surface area contributed by atoms with E-state index in [2.05, 4.69) is 6.58 Å². The minimum absolute atomic E-state index is 0.200. The van der Waals surface area contributed by atoms with Crippen molar-refractivity contribution < 1.29 is 9.59 Å². The van der Waals surface area contributed by atoms with Crippen LogP contribution in [0.4, 0.5) is 17.1 Å². The van der Waals surface area contributed by atoms with E-state index in [0.29, 0.717) is 28.6 Å². The highest BCUT2D eigenvalue weighted by atomic mass is 35.5. The lowest BCUT2D eigenvalue weighted by Crippen LogP contribution is -2.32. The Bertz CT molecular complexity index is 817. The number of anilines is 3. The van der Waals surface area contributed by atoms with Crippen molar-refractivity contribution in [3.8, 4) is 0 Å². The molecule has 0 atom stereocenters. The van der Waals surface area contributed by atoms with Crippen LogP contribution in [-0.4, -0.2) is 18.4 Å². The predicted octanol–water partition coefficient (Wildman–Crippen LogP) is 4.32. The summed E-state index contributed by atoms with van der Waals surface area (Å²) < 4.78 is 0. The summed E-state index contributed by atoms with van der Waals surface area (Å²) in [7, 11) is 0. The number of hydrogen-bond donors (Lipinski definition) is 0. The topological polar surface area (TPSA) is 40.6 Å². The van der Waals surface area contributed by atoms with Crippen LogP contribution < -0.4 is 9.80 Å². The predicted molar refractivity (Wildman–Crippen MR) is 96.8 cm³/mol. The fraction of sp³-hybridized carbons (Fsp3) is 0.158. The molecule has 0 saturated heterocycles. The number of fused-ring (bicyclic) bond motifs is 1. The van der Waals surface area contributed by atoms with Gasteiger partial charge >= 0.3 is 0 Å². The number of benzene rings is 2. The monoisotopic (exact) mass is 340 g/mol. The van der Waals surface area contributed by atoms with Gasteiger partial charge in [-0.25, -0.2) is 0 Å². The quantitative estimate of drug-likeness (QED) is 0.616. The van der Waals surface area contributed by atoms with Gasteiger partial charge in [-0.1, -0.05) is 42.0 Å². The van der Waals surface area contributed by atoms with Gasteiger partial charge in [0.25, 0.3) is 0 Å². The van der Waals surface area contributed by atoms with Crippen molar-refractivity contribution in [2.45, 2.75) is 13.3 Å². The van der Waals surface area contributed by atoms with Crippen molar-refractivity contribution in [2.24, 2.45) is 0 Å². The van der Waals surface area contributed by atoms with E-state index in [1.54, 1.807) is 28.0 Å². The molecule has 1 aliphatic heterocycles. The summed E-state index contributed by atoms with van der Waals surface area (Å²) in [4.78, 5) is 28.5. The average Bonchev–Trinajstić information content (AvgIpc) is 2.63. The van der Waals surface area contributed by atoms with Crippen molar-refractivity contribution in [1.29, 1.82) is 0 Å². The van der Waals surface area contributed by atoms with Crippen LogP contribution in [0.3, 0.4) is 0 Å². The minimum Gasteiger partial charge on any atom is -0.306 e. The molecule has 4 nitrogen and oxygen atoms in total. The first kappa shape index (κ1) is 16.3. The molecule has 122 valence electrons. The van der Waals surface area contributed by atoms with Crippen LogP contribution in [0.25, 0.3) is 0 Å². The van der Waals surface area contributed by atoms with Crippen molar-refractivity contribution in [1.82, 2.24) is 0 Å². The molecule has 1 aliphatic rings. The zero-order chi connectivity index (χ0) is 17.3. The molecule has 0 saturated carbocycles. The van der Waals surface area contributed by atoms with E-state index >= 15 is 0 Å². The molecular weight excluding hydrogens is 324 g/mol. The van der Waals surface area contributed by atoms with E-state index in [4.69, 9.17) is 11.6 Å². The van der Waals surface area contributed by atoms with Crippen molar-refractivity contribution in [2.75, 3.05) is 16.3 Å². The molecule has 5 heteroatoms. The van der Waals surface area contributed by atoms with Gasteiger partial charge in [0.15, 0.2) is 0 Å². The second kappa shape index (κ2) is 6.49. The molecule has 0 fully saturated rings. The van der Waals surface area contributed by atoms with E-state index in [0.717, 1.165) is 5.57 Å². The zero-order valence-electron chi connectivity index (χ0n) is 13.3. The molecule has 0 aliphatic carbocycles. The lowest BCUT2D eigenvalue weighted by atomic mass is 10.2. The van der Waals surface area contributed by atoms with Crippen LogP contribution in [0, 0.1) is 0 Å². The molecule has 2 aromatic rings. The summed E-state index contributed by atoms with van der Waals surface area (Å²) in [6, 6.07) is 14.5. The summed E-state index contributed by atoms with van der Waals surface area (Å²) in [5.41, 5.74) is 2.80. The standard InChI is InChI=1S/C19H17ClN2O2/c1-13(2)12-21-16-9-8-14(20)10-17(16)22(19(24)11-18(21)23)15-6-4-3-5-7-15/h3-10H,1,11-12H2,2H3. The molecule has 0 radical (unpaired) electrons. The Morgan fingerprint density at radius 2 is 1.79 bits per heavy atom. The second-order valence-corrected chi connectivity index (χ2v) is 6.25. The molecule has 2 aromatic carbocycles. The number of nitrogens with zero attached hydrogens (tertiary/aromatic N) is 2. The van der Waals surface area contributed by atoms with Crippen molar-refractivity contribution >= 4 is 40.5 Å². The lowest BCUT2D eigenvalue weighted by Gasteiger charge is -2.26. The number of hydrogen-bond acceptors (Lipinski definition) is 2. The first-order valence-electron chi connectivity index (χ1n) is 7.59. The number of para-hydroxylation sites is 1. The number of rotatable bonds is 3. The summed E-state index contributed by atoms with van der Waals surface area (Å²) in [6.45, 7) is 6.10. The maximum absolute atomic E-state index is 12.7. The highest BCUT2D eigenvalue weighted by molar-refractivity contribution is 6.31. The molecule has 0 bridgehead atoms. The number of amides is 2. The van der Waals surface area contributed by atoms with Gasteiger partial charge in [0, 0.05) is 17.3 Å². The summed E-state index contributed by atoms with van der Waals surface area (Å²) in [5.74, 6) is -0.524. The normalized spacial score (nSPS) is 14.4. The number of halogens is 1. The highest BCUT2D eigenvalue weighted by Gasteiger charge is 2.32. The smallest absolute Gasteiger partial charge is 0.241 e. The van der Waals surface area contributed by atoms with Crippen LogP contribution in [0.15, 0.2) is 60.7 Å². The Morgan fingerprint density at radius 3 is 2.46 bits per heavy atom. The van der Waals surface area contributed by atoms with Crippen LogP contribution in [0.2, 0.25) is 5.02 Å². The van der Waals surface area contributed by atoms with Crippen LogP contribution in [0.5, 0.6) is 0 Å². The summed E-state index contributed by atoms with van der Waals surface area (Å²) in [6.07, 6.45) is -0.200. The maximum atomic E-state index is 12.7. The minimum atomic E-state index is -0.279. The fourth-order valence-electron chi connectivity index (χ4n) is 2.78. The molecule has 1 heterocycles. The van der Waals surface area contributed by atoms with Crippen molar-refractivity contribution in [3.63, 3.8) is 0 Å². The number of carbonyl (C=O) groups excluding carboxylic acids is 2. The summed E-state index contributed by atoms with van der Waals surface area (Å²) >= 11 is 6.16. The Hall–Kier alpha value is -2.59. The fourth-order valence-corrected chi connectivity index (χ4v) is 2.95. The van der Waals surface area contributed by atoms with Gasteiger partial charge in [-0.3, -0.25) is 14.5 Å². The largest absolute Gasteiger partial charge is 0.306 e. The Morgan fingerprint density at radius 1 is 1.08 bits per heavy atom. The van der Waals surface area contributed by atoms with Gasteiger partial charge in [0.2, 0.25) is 11.8 Å². The second-order valence-electron chi connectivity index (χ2n) is 5.81. The van der Waals surface area contributed by atoms with Gasteiger partial charge in [0.1, 0.15) is 6.42 Å². The Labute approximate surface area is 145 Å². The molecule has 0 unspecified atom stereocenters. The molecule has 3 rings (SSSR count). The SMILES string of the molecule is C=C(C)CN1C(=O)CC(=O)N(c2ccccc2)c2cc(Cl)ccc21. The van der Waals surface area contributed by atoms with E-state index < -0.39 is 0 Å². The third-order valence-corrected chi connectivity index (χ3v) is 4.00.